The second-order valence-corrected chi connectivity index (χ2v) is 9.03. The van der Waals surface area contributed by atoms with Gasteiger partial charge in [-0.05, 0) is 0 Å². The van der Waals surface area contributed by atoms with Crippen molar-refractivity contribution in [3.63, 3.8) is 0 Å². The molecule has 2 rings (SSSR count). The van der Waals surface area contributed by atoms with E-state index in [1.807, 2.05) is 18.2 Å². The average Bonchev–Trinajstić information content (AvgIpc) is 2.62. The zero-order chi connectivity index (χ0) is 18.3. The molecule has 0 radical (unpaired) electrons. The van der Waals surface area contributed by atoms with Gasteiger partial charge in [-0.2, -0.15) is 0 Å². The van der Waals surface area contributed by atoms with Gasteiger partial charge in [-0.1, -0.05) is 0 Å². The van der Waals surface area contributed by atoms with Gasteiger partial charge < -0.3 is 0 Å². The van der Waals surface area contributed by atoms with Crippen LogP contribution in [-0.4, -0.2) is 27.4 Å². The summed E-state index contributed by atoms with van der Waals surface area (Å²) in [6, 6.07) is 16.0. The van der Waals surface area contributed by atoms with E-state index in [9.17, 15) is 4.79 Å². The van der Waals surface area contributed by atoms with Crippen LogP contribution in [0.5, 0.6) is 0 Å². The fraction of sp³-hybridized carbons (Fsp3) is 0.176. The van der Waals surface area contributed by atoms with Crippen molar-refractivity contribution in [1.82, 2.24) is 0 Å². The summed E-state index contributed by atoms with van der Waals surface area (Å²) >= 11 is 5.59. The first kappa shape index (κ1) is 18.9. The van der Waals surface area contributed by atoms with E-state index in [0.717, 1.165) is 4.46 Å². The van der Waals surface area contributed by atoms with Gasteiger partial charge in [-0.25, -0.2) is 0 Å². The number of anilines is 1. The number of hydrogen-bond donors (Lipinski definition) is 1. The Hall–Kier alpha value is -2.48. The Kier molecular flexibility index (Phi) is 6.46. The summed E-state index contributed by atoms with van der Waals surface area (Å²) in [5, 5.41) is 16.2. The number of hydrogen-bond acceptors (Lipinski definition) is 3. The van der Waals surface area contributed by atoms with Crippen molar-refractivity contribution in [2.24, 2.45) is 5.11 Å². The summed E-state index contributed by atoms with van der Waals surface area (Å²) in [6.45, 7) is 1.77. The van der Waals surface area contributed by atoms with Gasteiger partial charge in [-0.15, -0.1) is 0 Å². The van der Waals surface area contributed by atoms with Gasteiger partial charge in [0.05, 0.1) is 0 Å². The van der Waals surface area contributed by atoms with Crippen molar-refractivity contribution in [3.05, 3.63) is 69.6 Å². The Morgan fingerprint density at radius 3 is 2.68 bits per heavy atom. The summed E-state index contributed by atoms with van der Waals surface area (Å²) in [5.74, 6) is -0.294. The van der Waals surface area contributed by atoms with Crippen molar-refractivity contribution >= 4 is 42.6 Å². The van der Waals surface area contributed by atoms with Gasteiger partial charge in [0.1, 0.15) is 0 Å². The molecule has 25 heavy (non-hydrogen) atoms. The first-order valence-corrected chi connectivity index (χ1v) is 9.33. The van der Waals surface area contributed by atoms with Crippen molar-refractivity contribution in [3.8, 4) is 6.07 Å². The van der Waals surface area contributed by atoms with Gasteiger partial charge in [-0.3, -0.25) is 0 Å². The molecule has 0 bridgehead atoms. The third-order valence-electron chi connectivity index (χ3n) is 3.37. The van der Waals surface area contributed by atoms with E-state index in [1.165, 1.54) is 0 Å². The number of nitrogens with one attached hydrogen (secondary N) is 1. The number of halogens is 1. The SMILES string of the molecule is CC(CN=[N+]=[N-])([Se]c1ccc(Cl)cc1)C(=O)Nc1ccccc1C#N. The van der Waals surface area contributed by atoms with Crippen LogP contribution in [0.15, 0.2) is 53.6 Å². The van der Waals surface area contributed by atoms with E-state index in [1.54, 1.807) is 43.3 Å². The number of amides is 1. The molecule has 0 aliphatic carbocycles. The Morgan fingerprint density at radius 1 is 1.36 bits per heavy atom. The van der Waals surface area contributed by atoms with Crippen LogP contribution in [0.25, 0.3) is 10.4 Å². The molecule has 1 atom stereocenters. The Bertz CT molecular complexity index is 858. The second-order valence-electron chi connectivity index (χ2n) is 5.29. The van der Waals surface area contributed by atoms with Crippen LogP contribution in [0.4, 0.5) is 5.69 Å². The number of nitrogens with zero attached hydrogens (tertiary/aromatic N) is 4. The molecule has 0 aliphatic heterocycles. The summed E-state index contributed by atoms with van der Waals surface area (Å²) in [6.07, 6.45) is 0. The minimum absolute atomic E-state index is 0.0205. The summed E-state index contributed by atoms with van der Waals surface area (Å²) < 4.78 is 0.0478. The Labute approximate surface area is 156 Å². The quantitative estimate of drug-likeness (QED) is 0.335. The maximum absolute atomic E-state index is 12.9. The molecule has 6 nitrogen and oxygen atoms in total. The molecule has 0 aliphatic rings. The second kappa shape index (κ2) is 8.57. The standard InChI is InChI=1S/C17H14ClN5OSe/c1-17(11-21-23-20,25-14-8-6-13(18)7-9-14)16(24)22-15-5-3-2-4-12(15)10-19/h2-9H,11H2,1H3,(H,22,24). The third-order valence-corrected chi connectivity index (χ3v) is 6.29. The minimum atomic E-state index is -0.907. The van der Waals surface area contributed by atoms with Gasteiger partial charge in [0.15, 0.2) is 0 Å². The molecule has 0 fully saturated rings. The zero-order valence-corrected chi connectivity index (χ0v) is 15.8. The molecule has 126 valence electrons. The summed E-state index contributed by atoms with van der Waals surface area (Å²) in [5.41, 5.74) is 9.47. The predicted octanol–water partition coefficient (Wildman–Crippen LogP) is 3.67. The molecule has 2 aromatic rings. The van der Waals surface area contributed by atoms with Crippen LogP contribution in [0.1, 0.15) is 12.5 Å². The summed E-state index contributed by atoms with van der Waals surface area (Å²) in [4.78, 5) is 15.6. The molecule has 0 spiro atoms. The fourth-order valence-electron chi connectivity index (χ4n) is 2.02. The molecule has 1 N–H and O–H groups in total. The van der Waals surface area contributed by atoms with Crippen LogP contribution in [0.3, 0.4) is 0 Å². The number of benzene rings is 2. The van der Waals surface area contributed by atoms with Crippen molar-refractivity contribution in [2.75, 3.05) is 11.9 Å². The molecule has 0 heterocycles. The van der Waals surface area contributed by atoms with Gasteiger partial charge in [0, 0.05) is 0 Å². The van der Waals surface area contributed by atoms with Gasteiger partial charge in [0.25, 0.3) is 0 Å². The molecule has 0 saturated heterocycles. The molecule has 0 saturated carbocycles. The predicted molar refractivity (Wildman–Crippen MR) is 99.0 cm³/mol. The number of rotatable bonds is 6. The van der Waals surface area contributed by atoms with E-state index in [0.29, 0.717) is 16.3 Å². The number of para-hydroxylation sites is 1. The number of carbonyl (C=O) groups is 1. The first-order chi connectivity index (χ1) is 12.0. The topological polar surface area (TPSA) is 102 Å². The van der Waals surface area contributed by atoms with Crippen LogP contribution in [-0.2, 0) is 4.79 Å². The third kappa shape index (κ3) is 4.99. The number of carbonyl (C=O) groups excluding carboxylic acids is 1. The van der Waals surface area contributed by atoms with E-state index >= 15 is 0 Å². The fourth-order valence-corrected chi connectivity index (χ4v) is 4.37. The molecule has 1 amide bonds. The van der Waals surface area contributed by atoms with Crippen molar-refractivity contribution in [2.45, 2.75) is 11.2 Å². The molecular weight excluding hydrogens is 405 g/mol. The average molecular weight is 419 g/mol. The van der Waals surface area contributed by atoms with E-state index in [-0.39, 0.29) is 27.4 Å². The summed E-state index contributed by atoms with van der Waals surface area (Å²) in [7, 11) is 0. The monoisotopic (exact) mass is 419 g/mol. The van der Waals surface area contributed by atoms with Crippen LogP contribution >= 0.6 is 11.6 Å². The van der Waals surface area contributed by atoms with Crippen LogP contribution < -0.4 is 9.78 Å². The zero-order valence-electron chi connectivity index (χ0n) is 13.3. The van der Waals surface area contributed by atoms with Crippen molar-refractivity contribution < 1.29 is 4.79 Å². The van der Waals surface area contributed by atoms with Gasteiger partial charge >= 0.3 is 157 Å². The normalized spacial score (nSPS) is 12.4. The first-order valence-electron chi connectivity index (χ1n) is 7.24. The van der Waals surface area contributed by atoms with Gasteiger partial charge in [0.2, 0.25) is 0 Å². The Balaban J connectivity index is 2.28. The van der Waals surface area contributed by atoms with E-state index in [2.05, 4.69) is 15.3 Å². The molecular formula is C17H14ClN5OSe. The molecule has 8 heteroatoms. The molecule has 2 aromatic carbocycles. The van der Waals surface area contributed by atoms with E-state index in [4.69, 9.17) is 22.4 Å². The van der Waals surface area contributed by atoms with Crippen molar-refractivity contribution in [1.29, 1.82) is 5.26 Å². The number of azide groups is 1. The van der Waals surface area contributed by atoms with E-state index < -0.39 is 4.31 Å². The maximum atomic E-state index is 12.9. The molecule has 0 aromatic heterocycles. The Morgan fingerprint density at radius 2 is 2.04 bits per heavy atom. The van der Waals surface area contributed by atoms with Crippen LogP contribution in [0, 0.1) is 11.3 Å². The molecule has 1 unspecified atom stereocenters. The van der Waals surface area contributed by atoms with Crippen LogP contribution in [0.2, 0.25) is 9.34 Å². The number of nitriles is 1.